The van der Waals surface area contributed by atoms with Crippen LogP contribution >= 0.6 is 0 Å². The van der Waals surface area contributed by atoms with Crippen molar-refractivity contribution in [2.24, 2.45) is 5.92 Å². The molecule has 2 rings (SSSR count). The molecule has 1 fully saturated rings. The van der Waals surface area contributed by atoms with Gasteiger partial charge < -0.3 is 15.4 Å². The van der Waals surface area contributed by atoms with Crippen molar-refractivity contribution < 1.29 is 9.53 Å². The molecule has 0 aromatic heterocycles. The van der Waals surface area contributed by atoms with Gasteiger partial charge in [0.05, 0.1) is 6.61 Å². The van der Waals surface area contributed by atoms with Gasteiger partial charge in [-0.25, -0.2) is 4.79 Å². The molecule has 0 bridgehead atoms. The molecule has 0 heterocycles. The number of hydrogen-bond acceptors (Lipinski definition) is 2. The van der Waals surface area contributed by atoms with Gasteiger partial charge in [-0.15, -0.1) is 0 Å². The number of rotatable bonds is 6. The number of amides is 2. The Morgan fingerprint density at radius 1 is 1.16 bits per heavy atom. The lowest BCUT2D eigenvalue weighted by molar-refractivity contribution is 0.220. The van der Waals surface area contributed by atoms with Crippen LogP contribution in [-0.2, 0) is 5.41 Å². The highest BCUT2D eigenvalue weighted by Gasteiger charge is 2.22. The average Bonchev–Trinajstić information content (AvgIpc) is 2.56. The van der Waals surface area contributed by atoms with E-state index in [1.165, 1.54) is 24.8 Å². The Kier molecular flexibility index (Phi) is 7.15. The van der Waals surface area contributed by atoms with E-state index in [9.17, 15) is 4.79 Å². The lowest BCUT2D eigenvalue weighted by Gasteiger charge is -2.29. The fraction of sp³-hybridized carbons (Fsp3) is 0.667. The Morgan fingerprint density at radius 2 is 1.84 bits per heavy atom. The van der Waals surface area contributed by atoms with E-state index in [4.69, 9.17) is 4.74 Å². The highest BCUT2D eigenvalue weighted by molar-refractivity contribution is 5.74. The molecule has 0 aliphatic heterocycles. The van der Waals surface area contributed by atoms with Crippen LogP contribution in [0.1, 0.15) is 65.4 Å². The number of carbonyl (C=O) groups is 1. The van der Waals surface area contributed by atoms with Crippen molar-refractivity contribution in [1.82, 2.24) is 10.6 Å². The molecule has 2 amide bonds. The van der Waals surface area contributed by atoms with Gasteiger partial charge in [0, 0.05) is 12.6 Å². The molecule has 140 valence electrons. The summed E-state index contributed by atoms with van der Waals surface area (Å²) < 4.78 is 5.75. The Bertz CT molecular complexity index is 534. The normalized spacial score (nSPS) is 20.8. The van der Waals surface area contributed by atoms with Gasteiger partial charge >= 0.3 is 6.03 Å². The molecule has 1 saturated carbocycles. The summed E-state index contributed by atoms with van der Waals surface area (Å²) in [7, 11) is 0. The molecule has 2 unspecified atom stereocenters. The van der Waals surface area contributed by atoms with Crippen LogP contribution in [0.5, 0.6) is 5.75 Å². The van der Waals surface area contributed by atoms with Gasteiger partial charge in [0.1, 0.15) is 5.75 Å². The van der Waals surface area contributed by atoms with Crippen molar-refractivity contribution in [2.45, 2.75) is 71.3 Å². The maximum atomic E-state index is 12.0. The summed E-state index contributed by atoms with van der Waals surface area (Å²) in [6.45, 7) is 10.1. The summed E-state index contributed by atoms with van der Waals surface area (Å²) in [4.78, 5) is 12.0. The molecule has 2 atom stereocenters. The Hall–Kier alpha value is -1.71. The van der Waals surface area contributed by atoms with E-state index in [2.05, 4.69) is 50.5 Å². The first kappa shape index (κ1) is 19.6. The molecule has 1 aliphatic rings. The van der Waals surface area contributed by atoms with Gasteiger partial charge in [0.25, 0.3) is 0 Å². The zero-order valence-corrected chi connectivity index (χ0v) is 16.2. The molecule has 1 aromatic rings. The van der Waals surface area contributed by atoms with Crippen LogP contribution in [0.25, 0.3) is 0 Å². The van der Waals surface area contributed by atoms with E-state index in [0.29, 0.717) is 25.1 Å². The largest absolute Gasteiger partial charge is 0.494 e. The molecule has 0 radical (unpaired) electrons. The standard InChI is InChI=1S/C21H34N2O2/c1-16-8-5-6-9-19(16)23-20(24)22-14-7-15-25-18-12-10-17(11-13-18)21(2,3)4/h10-13,16,19H,5-9,14-15H2,1-4H3,(H2,22,23,24). The molecule has 1 aromatic carbocycles. The Morgan fingerprint density at radius 3 is 2.48 bits per heavy atom. The third-order valence-electron chi connectivity index (χ3n) is 5.02. The van der Waals surface area contributed by atoms with E-state index in [-0.39, 0.29) is 11.4 Å². The number of carbonyl (C=O) groups excluding carboxylic acids is 1. The minimum atomic E-state index is -0.0479. The Balaban J connectivity index is 1.60. The lowest BCUT2D eigenvalue weighted by Crippen LogP contribution is -2.46. The zero-order chi connectivity index (χ0) is 18.3. The van der Waals surface area contributed by atoms with Crippen LogP contribution in [0, 0.1) is 5.92 Å². The van der Waals surface area contributed by atoms with E-state index in [0.717, 1.165) is 18.6 Å². The van der Waals surface area contributed by atoms with Crippen LogP contribution in [-0.4, -0.2) is 25.2 Å². The topological polar surface area (TPSA) is 50.4 Å². The smallest absolute Gasteiger partial charge is 0.315 e. The molecule has 0 spiro atoms. The predicted molar refractivity (Wildman–Crippen MR) is 103 cm³/mol. The van der Waals surface area contributed by atoms with Crippen LogP contribution in [0.4, 0.5) is 4.79 Å². The van der Waals surface area contributed by atoms with Crippen molar-refractivity contribution >= 4 is 6.03 Å². The molecule has 2 N–H and O–H groups in total. The lowest BCUT2D eigenvalue weighted by atomic mass is 9.86. The van der Waals surface area contributed by atoms with Crippen molar-refractivity contribution in [3.8, 4) is 5.75 Å². The average molecular weight is 347 g/mol. The SMILES string of the molecule is CC1CCCCC1NC(=O)NCCCOc1ccc(C(C)(C)C)cc1. The van der Waals surface area contributed by atoms with Crippen molar-refractivity contribution in [3.63, 3.8) is 0 Å². The van der Waals surface area contributed by atoms with Crippen molar-refractivity contribution in [3.05, 3.63) is 29.8 Å². The number of ether oxygens (including phenoxy) is 1. The maximum absolute atomic E-state index is 12.0. The molecule has 0 saturated heterocycles. The quantitative estimate of drug-likeness (QED) is 0.738. The van der Waals surface area contributed by atoms with Crippen LogP contribution in [0.3, 0.4) is 0 Å². The van der Waals surface area contributed by atoms with Gasteiger partial charge in [-0.05, 0) is 48.3 Å². The third kappa shape index (κ3) is 6.60. The fourth-order valence-electron chi connectivity index (χ4n) is 3.27. The molecular weight excluding hydrogens is 312 g/mol. The number of hydrogen-bond donors (Lipinski definition) is 2. The molecule has 1 aliphatic carbocycles. The van der Waals surface area contributed by atoms with Crippen molar-refractivity contribution in [1.29, 1.82) is 0 Å². The van der Waals surface area contributed by atoms with Gasteiger partial charge in [-0.2, -0.15) is 0 Å². The monoisotopic (exact) mass is 346 g/mol. The van der Waals surface area contributed by atoms with Crippen LogP contribution < -0.4 is 15.4 Å². The molecule has 25 heavy (non-hydrogen) atoms. The van der Waals surface area contributed by atoms with E-state index in [1.807, 2.05) is 12.1 Å². The first-order valence-corrected chi connectivity index (χ1v) is 9.64. The Labute approximate surface area is 152 Å². The minimum absolute atomic E-state index is 0.0479. The van der Waals surface area contributed by atoms with E-state index >= 15 is 0 Å². The van der Waals surface area contributed by atoms with Crippen molar-refractivity contribution in [2.75, 3.05) is 13.2 Å². The summed E-state index contributed by atoms with van der Waals surface area (Å²) >= 11 is 0. The number of benzene rings is 1. The van der Waals surface area contributed by atoms with Gasteiger partial charge in [0.2, 0.25) is 0 Å². The predicted octanol–water partition coefficient (Wildman–Crippen LogP) is 4.63. The first-order valence-electron chi connectivity index (χ1n) is 9.64. The summed E-state index contributed by atoms with van der Waals surface area (Å²) in [5.74, 6) is 1.47. The summed E-state index contributed by atoms with van der Waals surface area (Å²) in [5, 5.41) is 6.04. The second kappa shape index (κ2) is 9.12. The van der Waals surface area contributed by atoms with Gasteiger partial charge in [-0.3, -0.25) is 0 Å². The van der Waals surface area contributed by atoms with E-state index < -0.39 is 0 Å². The second-order valence-electron chi connectivity index (χ2n) is 8.24. The van der Waals surface area contributed by atoms with Gasteiger partial charge in [0.15, 0.2) is 0 Å². The second-order valence-corrected chi connectivity index (χ2v) is 8.24. The number of urea groups is 1. The highest BCUT2D eigenvalue weighted by atomic mass is 16.5. The third-order valence-corrected chi connectivity index (χ3v) is 5.02. The molecule has 4 nitrogen and oxygen atoms in total. The van der Waals surface area contributed by atoms with Gasteiger partial charge in [-0.1, -0.05) is 52.7 Å². The first-order chi connectivity index (χ1) is 11.9. The van der Waals surface area contributed by atoms with E-state index in [1.54, 1.807) is 0 Å². The summed E-state index contributed by atoms with van der Waals surface area (Å²) in [6, 6.07) is 8.55. The highest BCUT2D eigenvalue weighted by Crippen LogP contribution is 2.24. The van der Waals surface area contributed by atoms with Crippen LogP contribution in [0.15, 0.2) is 24.3 Å². The zero-order valence-electron chi connectivity index (χ0n) is 16.2. The molecular formula is C21H34N2O2. The summed E-state index contributed by atoms with van der Waals surface area (Å²) in [6.07, 6.45) is 5.62. The fourth-order valence-corrected chi connectivity index (χ4v) is 3.27. The number of nitrogens with one attached hydrogen (secondary N) is 2. The summed E-state index contributed by atoms with van der Waals surface area (Å²) in [5.41, 5.74) is 1.46. The molecule has 4 heteroatoms. The minimum Gasteiger partial charge on any atom is -0.494 e. The van der Waals surface area contributed by atoms with Crippen LogP contribution in [0.2, 0.25) is 0 Å². The maximum Gasteiger partial charge on any atom is 0.315 e.